The predicted molar refractivity (Wildman–Crippen MR) is 98.1 cm³/mol. The molecule has 2 aromatic rings. The highest BCUT2D eigenvalue weighted by atomic mass is 19.4. The number of nitrogens with one attached hydrogen (secondary N) is 1. The number of halogens is 3. The lowest BCUT2D eigenvalue weighted by Crippen LogP contribution is -2.43. The van der Waals surface area contributed by atoms with E-state index in [0.717, 1.165) is 5.56 Å². The van der Waals surface area contributed by atoms with Crippen LogP contribution >= 0.6 is 0 Å². The molecule has 0 saturated carbocycles. The van der Waals surface area contributed by atoms with Crippen molar-refractivity contribution in [1.82, 2.24) is 15.2 Å². The molecule has 2 amide bonds. The van der Waals surface area contributed by atoms with Crippen LogP contribution in [0.1, 0.15) is 29.3 Å². The Kier molecular flexibility index (Phi) is 6.05. The second-order valence-electron chi connectivity index (χ2n) is 6.79. The third kappa shape index (κ3) is 5.24. The van der Waals surface area contributed by atoms with Gasteiger partial charge in [-0.2, -0.15) is 13.2 Å². The summed E-state index contributed by atoms with van der Waals surface area (Å²) in [7, 11) is 0. The Hall–Kier alpha value is -3.10. The van der Waals surface area contributed by atoms with Crippen molar-refractivity contribution in [3.63, 3.8) is 0 Å². The van der Waals surface area contributed by atoms with E-state index in [1.165, 1.54) is 18.3 Å². The summed E-state index contributed by atoms with van der Waals surface area (Å²) in [4.78, 5) is 30.4. The van der Waals surface area contributed by atoms with Crippen molar-refractivity contribution in [2.45, 2.75) is 38.1 Å². The van der Waals surface area contributed by atoms with Crippen LogP contribution in [0.15, 0.2) is 48.7 Å². The van der Waals surface area contributed by atoms with Crippen molar-refractivity contribution >= 4 is 11.8 Å². The lowest BCUT2D eigenvalue weighted by Gasteiger charge is -2.25. The van der Waals surface area contributed by atoms with Crippen LogP contribution < -0.4 is 10.1 Å². The molecule has 9 heteroatoms. The average Bonchev–Trinajstić information content (AvgIpc) is 2.94. The van der Waals surface area contributed by atoms with Gasteiger partial charge < -0.3 is 15.0 Å². The summed E-state index contributed by atoms with van der Waals surface area (Å²) in [6.45, 7) is 0.691. The normalized spacial score (nSPS) is 19.3. The van der Waals surface area contributed by atoms with Gasteiger partial charge in [0.25, 0.3) is 5.91 Å². The summed E-state index contributed by atoms with van der Waals surface area (Å²) in [6, 6.07) is 11.5. The van der Waals surface area contributed by atoms with E-state index >= 15 is 0 Å². The number of nitrogens with zero attached hydrogens (tertiary/aromatic N) is 2. The molecule has 1 aromatic carbocycles. The Morgan fingerprint density at radius 2 is 1.97 bits per heavy atom. The molecule has 1 aliphatic heterocycles. The van der Waals surface area contributed by atoms with Gasteiger partial charge >= 0.3 is 6.18 Å². The van der Waals surface area contributed by atoms with Gasteiger partial charge in [-0.25, -0.2) is 4.98 Å². The molecule has 0 aliphatic carbocycles. The molecule has 1 fully saturated rings. The smallest absolute Gasteiger partial charge is 0.422 e. The highest BCUT2D eigenvalue weighted by Crippen LogP contribution is 2.24. The van der Waals surface area contributed by atoms with Crippen LogP contribution in [0.25, 0.3) is 0 Å². The van der Waals surface area contributed by atoms with Crippen molar-refractivity contribution in [3.8, 4) is 5.88 Å². The van der Waals surface area contributed by atoms with Gasteiger partial charge in [0.05, 0.1) is 6.04 Å². The Labute approximate surface area is 165 Å². The van der Waals surface area contributed by atoms with E-state index < -0.39 is 30.6 Å². The molecule has 154 valence electrons. The minimum absolute atomic E-state index is 0.105. The molecule has 1 saturated heterocycles. The average molecular weight is 407 g/mol. The molecular formula is C20H20F3N3O3. The van der Waals surface area contributed by atoms with Gasteiger partial charge in [-0.3, -0.25) is 9.59 Å². The summed E-state index contributed by atoms with van der Waals surface area (Å²) in [6.07, 6.45) is -3.19. The van der Waals surface area contributed by atoms with E-state index in [1.807, 2.05) is 37.3 Å². The largest absolute Gasteiger partial charge is 0.467 e. The maximum absolute atomic E-state index is 12.6. The number of pyridine rings is 1. The van der Waals surface area contributed by atoms with Gasteiger partial charge in [0.1, 0.15) is 5.56 Å². The van der Waals surface area contributed by atoms with E-state index in [1.54, 1.807) is 4.90 Å². The standard InChI is InChI=1S/C20H20F3N3O3/c1-13-16(10-17(27)26(13)11-14-6-3-2-4-7-14)25-18(28)15-8-5-9-24-19(15)29-12-20(21,22)23/h2-9,13,16H,10-12H2,1H3,(H,25,28)/t13-,16-/m1/s1. The van der Waals surface area contributed by atoms with E-state index in [4.69, 9.17) is 0 Å². The first kappa shape index (κ1) is 20.6. The topological polar surface area (TPSA) is 71.5 Å². The maximum atomic E-state index is 12.6. The molecular weight excluding hydrogens is 387 g/mol. The van der Waals surface area contributed by atoms with Gasteiger partial charge in [-0.1, -0.05) is 30.3 Å². The van der Waals surface area contributed by atoms with Gasteiger partial charge in [0.15, 0.2) is 6.61 Å². The summed E-state index contributed by atoms with van der Waals surface area (Å²) < 4.78 is 41.9. The number of benzene rings is 1. The third-order valence-electron chi connectivity index (χ3n) is 4.69. The van der Waals surface area contributed by atoms with Crippen LogP contribution in [0.5, 0.6) is 5.88 Å². The predicted octanol–water partition coefficient (Wildman–Crippen LogP) is 2.94. The Balaban J connectivity index is 1.67. The number of ether oxygens (including phenoxy) is 1. The molecule has 2 heterocycles. The van der Waals surface area contributed by atoms with Crippen LogP contribution in [-0.4, -0.2) is 46.6 Å². The molecule has 0 spiro atoms. The number of carbonyl (C=O) groups excluding carboxylic acids is 2. The molecule has 1 aromatic heterocycles. The summed E-state index contributed by atoms with van der Waals surface area (Å²) in [5.41, 5.74) is 0.854. The molecule has 29 heavy (non-hydrogen) atoms. The monoisotopic (exact) mass is 407 g/mol. The number of aromatic nitrogens is 1. The summed E-state index contributed by atoms with van der Waals surface area (Å²) >= 11 is 0. The van der Waals surface area contributed by atoms with E-state index in [-0.39, 0.29) is 23.9 Å². The van der Waals surface area contributed by atoms with Crippen LogP contribution in [-0.2, 0) is 11.3 Å². The fraction of sp³-hybridized carbons (Fsp3) is 0.350. The lowest BCUT2D eigenvalue weighted by atomic mass is 10.1. The first-order chi connectivity index (χ1) is 13.7. The lowest BCUT2D eigenvalue weighted by molar-refractivity contribution is -0.154. The van der Waals surface area contributed by atoms with Crippen LogP contribution in [0.2, 0.25) is 0 Å². The van der Waals surface area contributed by atoms with Gasteiger partial charge in [0, 0.05) is 25.2 Å². The highest BCUT2D eigenvalue weighted by molar-refractivity contribution is 5.97. The fourth-order valence-electron chi connectivity index (χ4n) is 3.18. The zero-order valence-corrected chi connectivity index (χ0v) is 15.6. The number of alkyl halides is 3. The SMILES string of the molecule is C[C@@H]1[C@H](NC(=O)c2cccnc2OCC(F)(F)F)CC(=O)N1Cc1ccccc1. The molecule has 1 aliphatic rings. The Bertz CT molecular complexity index is 874. The van der Waals surface area contributed by atoms with Gasteiger partial charge in [0.2, 0.25) is 11.8 Å². The van der Waals surface area contributed by atoms with Crippen LogP contribution in [0.3, 0.4) is 0 Å². The molecule has 1 N–H and O–H groups in total. The minimum Gasteiger partial charge on any atom is -0.467 e. The Morgan fingerprint density at radius 3 is 2.66 bits per heavy atom. The fourth-order valence-corrected chi connectivity index (χ4v) is 3.18. The molecule has 0 unspecified atom stereocenters. The van der Waals surface area contributed by atoms with E-state index in [2.05, 4.69) is 15.0 Å². The molecule has 2 atom stereocenters. The number of carbonyl (C=O) groups is 2. The van der Waals surface area contributed by atoms with Crippen molar-refractivity contribution < 1.29 is 27.5 Å². The maximum Gasteiger partial charge on any atom is 0.422 e. The third-order valence-corrected chi connectivity index (χ3v) is 4.69. The summed E-state index contributed by atoms with van der Waals surface area (Å²) in [5, 5.41) is 2.73. The molecule has 0 radical (unpaired) electrons. The van der Waals surface area contributed by atoms with Crippen molar-refractivity contribution in [1.29, 1.82) is 0 Å². The molecule has 6 nitrogen and oxygen atoms in total. The number of amides is 2. The highest BCUT2D eigenvalue weighted by Gasteiger charge is 2.38. The minimum atomic E-state index is -4.55. The van der Waals surface area contributed by atoms with Gasteiger partial charge in [-0.05, 0) is 24.6 Å². The van der Waals surface area contributed by atoms with Crippen molar-refractivity contribution in [3.05, 3.63) is 59.8 Å². The van der Waals surface area contributed by atoms with Crippen LogP contribution in [0.4, 0.5) is 13.2 Å². The zero-order valence-electron chi connectivity index (χ0n) is 15.6. The first-order valence-corrected chi connectivity index (χ1v) is 9.03. The van der Waals surface area contributed by atoms with Gasteiger partial charge in [-0.15, -0.1) is 0 Å². The van der Waals surface area contributed by atoms with E-state index in [9.17, 15) is 22.8 Å². The summed E-state index contributed by atoms with van der Waals surface area (Å²) in [5.74, 6) is -1.15. The molecule has 0 bridgehead atoms. The van der Waals surface area contributed by atoms with Crippen molar-refractivity contribution in [2.24, 2.45) is 0 Å². The second-order valence-corrected chi connectivity index (χ2v) is 6.79. The van der Waals surface area contributed by atoms with E-state index in [0.29, 0.717) is 6.54 Å². The number of hydrogen-bond acceptors (Lipinski definition) is 4. The quantitative estimate of drug-likeness (QED) is 0.799. The van der Waals surface area contributed by atoms with Crippen LogP contribution in [0, 0.1) is 0 Å². The number of likely N-dealkylation sites (tertiary alicyclic amines) is 1. The first-order valence-electron chi connectivity index (χ1n) is 9.03. The number of rotatable bonds is 6. The molecule has 3 rings (SSSR count). The van der Waals surface area contributed by atoms with Crippen molar-refractivity contribution in [2.75, 3.05) is 6.61 Å². The zero-order chi connectivity index (χ0) is 21.0. The second kappa shape index (κ2) is 8.50. The number of hydrogen-bond donors (Lipinski definition) is 1. The Morgan fingerprint density at radius 1 is 1.24 bits per heavy atom.